The highest BCUT2D eigenvalue weighted by molar-refractivity contribution is 5.77. The van der Waals surface area contributed by atoms with E-state index < -0.39 is 0 Å². The Bertz CT molecular complexity index is 1020. The van der Waals surface area contributed by atoms with Crippen LogP contribution in [0.5, 0.6) is 0 Å². The van der Waals surface area contributed by atoms with Gasteiger partial charge < -0.3 is 5.32 Å². The summed E-state index contributed by atoms with van der Waals surface area (Å²) >= 11 is 0. The molecule has 1 amide bonds. The highest BCUT2D eigenvalue weighted by Crippen LogP contribution is 2.12. The second kappa shape index (κ2) is 7.14. The molecular weight excluding hydrogens is 330 g/mol. The van der Waals surface area contributed by atoms with Crippen molar-refractivity contribution in [2.24, 2.45) is 0 Å². The van der Waals surface area contributed by atoms with E-state index in [1.807, 2.05) is 47.2 Å². The fourth-order valence-electron chi connectivity index (χ4n) is 2.76. The van der Waals surface area contributed by atoms with E-state index in [4.69, 9.17) is 0 Å². The van der Waals surface area contributed by atoms with Gasteiger partial charge >= 0.3 is 0 Å². The predicted octanol–water partition coefficient (Wildman–Crippen LogP) is 1.72. The molecule has 26 heavy (non-hydrogen) atoms. The largest absolute Gasteiger partial charge is 0.352 e. The maximum absolute atomic E-state index is 12.2. The molecule has 0 aliphatic carbocycles. The number of hydrogen-bond donors (Lipinski definition) is 1. The van der Waals surface area contributed by atoms with E-state index in [2.05, 4.69) is 25.6 Å². The van der Waals surface area contributed by atoms with Crippen molar-refractivity contribution in [3.63, 3.8) is 0 Å². The van der Waals surface area contributed by atoms with Crippen LogP contribution >= 0.6 is 0 Å². The number of carbonyl (C=O) groups is 1. The molecule has 0 aliphatic rings. The summed E-state index contributed by atoms with van der Waals surface area (Å²) < 4.78 is 3.57. The van der Waals surface area contributed by atoms with Crippen molar-refractivity contribution in [3.8, 4) is 5.82 Å². The number of nitrogens with one attached hydrogen (secondary N) is 1. The molecule has 0 saturated heterocycles. The lowest BCUT2D eigenvalue weighted by atomic mass is 10.2. The number of benzene rings is 1. The predicted molar refractivity (Wildman–Crippen MR) is 95.4 cm³/mol. The quantitative estimate of drug-likeness (QED) is 0.573. The Hall–Kier alpha value is -3.55. The van der Waals surface area contributed by atoms with Crippen LogP contribution in [0.25, 0.3) is 16.9 Å². The number of nitrogens with zero attached hydrogens (tertiary/aromatic N) is 6. The van der Waals surface area contributed by atoms with Crippen LogP contribution in [0.2, 0.25) is 0 Å². The number of carbonyl (C=O) groups excluding carboxylic acids is 1. The van der Waals surface area contributed by atoms with Crippen molar-refractivity contribution in [1.29, 1.82) is 0 Å². The minimum atomic E-state index is -0.0509. The van der Waals surface area contributed by atoms with Crippen LogP contribution in [0.4, 0.5) is 0 Å². The SMILES string of the molecule is O=C(CCn1nnc2ccccc21)NCc1cccnc1-n1ccnc1. The standard InChI is InChI=1S/C18H17N7O/c26-17(7-10-25-16-6-2-1-5-15(16)22-23-25)21-12-14-4-3-8-20-18(14)24-11-9-19-13-24/h1-6,8-9,11,13H,7,10,12H2,(H,21,26). The molecule has 0 atom stereocenters. The average molecular weight is 347 g/mol. The van der Waals surface area contributed by atoms with Crippen molar-refractivity contribution in [2.75, 3.05) is 0 Å². The molecule has 3 heterocycles. The monoisotopic (exact) mass is 347 g/mol. The van der Waals surface area contributed by atoms with Crippen molar-refractivity contribution < 1.29 is 4.79 Å². The number of amides is 1. The Labute approximate surface area is 149 Å². The molecule has 1 aromatic carbocycles. The van der Waals surface area contributed by atoms with E-state index in [0.29, 0.717) is 19.5 Å². The highest BCUT2D eigenvalue weighted by atomic mass is 16.1. The van der Waals surface area contributed by atoms with Crippen molar-refractivity contribution in [2.45, 2.75) is 19.5 Å². The summed E-state index contributed by atoms with van der Waals surface area (Å²) in [7, 11) is 0. The van der Waals surface area contributed by atoms with E-state index in [0.717, 1.165) is 22.4 Å². The van der Waals surface area contributed by atoms with E-state index in [9.17, 15) is 4.79 Å². The van der Waals surface area contributed by atoms with Crippen LogP contribution in [0.3, 0.4) is 0 Å². The van der Waals surface area contributed by atoms with E-state index >= 15 is 0 Å². The first kappa shape index (κ1) is 15.9. The lowest BCUT2D eigenvalue weighted by Crippen LogP contribution is -2.25. The first-order valence-electron chi connectivity index (χ1n) is 8.28. The molecule has 4 rings (SSSR count). The highest BCUT2D eigenvalue weighted by Gasteiger charge is 2.09. The summed E-state index contributed by atoms with van der Waals surface area (Å²) in [5.74, 6) is 0.706. The molecule has 8 nitrogen and oxygen atoms in total. The van der Waals surface area contributed by atoms with Crippen LogP contribution in [-0.2, 0) is 17.9 Å². The minimum Gasteiger partial charge on any atom is -0.352 e. The molecule has 0 fully saturated rings. The molecule has 130 valence electrons. The summed E-state index contributed by atoms with van der Waals surface area (Å²) in [4.78, 5) is 20.6. The molecule has 4 aromatic rings. The van der Waals surface area contributed by atoms with Crippen LogP contribution in [0.15, 0.2) is 61.3 Å². The Kier molecular flexibility index (Phi) is 4.38. The lowest BCUT2D eigenvalue weighted by Gasteiger charge is -2.10. The molecular formula is C18H17N7O. The molecule has 0 bridgehead atoms. The number of fused-ring (bicyclic) bond motifs is 1. The van der Waals surface area contributed by atoms with Gasteiger partial charge in [-0.2, -0.15) is 0 Å². The first-order valence-corrected chi connectivity index (χ1v) is 8.28. The van der Waals surface area contributed by atoms with Gasteiger partial charge in [0.05, 0.1) is 12.1 Å². The number of imidazole rings is 1. The molecule has 0 radical (unpaired) electrons. The molecule has 0 unspecified atom stereocenters. The van der Waals surface area contributed by atoms with Gasteiger partial charge in [0, 0.05) is 37.1 Å². The second-order valence-corrected chi connectivity index (χ2v) is 5.78. The third kappa shape index (κ3) is 3.30. The summed E-state index contributed by atoms with van der Waals surface area (Å²) in [5, 5.41) is 11.1. The smallest absolute Gasteiger partial charge is 0.222 e. The van der Waals surface area contributed by atoms with Crippen LogP contribution in [0.1, 0.15) is 12.0 Å². The van der Waals surface area contributed by atoms with Crippen molar-refractivity contribution in [3.05, 3.63) is 66.9 Å². The van der Waals surface area contributed by atoms with Gasteiger partial charge in [0.15, 0.2) is 0 Å². The summed E-state index contributed by atoms with van der Waals surface area (Å²) in [6.07, 6.45) is 7.25. The molecule has 8 heteroatoms. The van der Waals surface area contributed by atoms with Gasteiger partial charge in [-0.05, 0) is 18.2 Å². The molecule has 3 aromatic heterocycles. The molecule has 0 spiro atoms. The van der Waals surface area contributed by atoms with Gasteiger partial charge in [0.25, 0.3) is 0 Å². The second-order valence-electron chi connectivity index (χ2n) is 5.78. The Morgan fingerprint density at radius 3 is 2.92 bits per heavy atom. The Balaban J connectivity index is 1.38. The van der Waals surface area contributed by atoms with Gasteiger partial charge in [-0.15, -0.1) is 5.10 Å². The van der Waals surface area contributed by atoms with Crippen molar-refractivity contribution >= 4 is 16.9 Å². The Morgan fingerprint density at radius 1 is 1.12 bits per heavy atom. The van der Waals surface area contributed by atoms with Crippen LogP contribution in [-0.4, -0.2) is 35.4 Å². The summed E-state index contributed by atoms with van der Waals surface area (Å²) in [5.41, 5.74) is 2.67. The maximum Gasteiger partial charge on any atom is 0.222 e. The number of pyridine rings is 1. The third-order valence-corrected chi connectivity index (χ3v) is 4.06. The number of aromatic nitrogens is 6. The number of hydrogen-bond acceptors (Lipinski definition) is 5. The van der Waals surface area contributed by atoms with Gasteiger partial charge in [-0.3, -0.25) is 9.36 Å². The zero-order chi connectivity index (χ0) is 17.8. The van der Waals surface area contributed by atoms with Gasteiger partial charge in [0.2, 0.25) is 5.91 Å². The summed E-state index contributed by atoms with van der Waals surface area (Å²) in [6.45, 7) is 0.881. The number of aryl methyl sites for hydroxylation is 1. The zero-order valence-corrected chi connectivity index (χ0v) is 14.0. The molecule has 0 saturated carbocycles. The topological polar surface area (TPSA) is 90.5 Å². The van der Waals surface area contributed by atoms with Crippen LogP contribution < -0.4 is 5.32 Å². The molecule has 0 aliphatic heterocycles. The molecule has 1 N–H and O–H groups in total. The number of para-hydroxylation sites is 1. The third-order valence-electron chi connectivity index (χ3n) is 4.06. The van der Waals surface area contributed by atoms with Gasteiger partial charge in [-0.25, -0.2) is 14.6 Å². The average Bonchev–Trinajstić information content (AvgIpc) is 3.35. The number of rotatable bonds is 6. The normalized spacial score (nSPS) is 10.9. The maximum atomic E-state index is 12.2. The van der Waals surface area contributed by atoms with Crippen molar-refractivity contribution in [1.82, 2.24) is 34.8 Å². The minimum absolute atomic E-state index is 0.0509. The van der Waals surface area contributed by atoms with Gasteiger partial charge in [-0.1, -0.05) is 23.4 Å². The van der Waals surface area contributed by atoms with Gasteiger partial charge in [0.1, 0.15) is 17.7 Å². The fourth-order valence-corrected chi connectivity index (χ4v) is 2.76. The Morgan fingerprint density at radius 2 is 2.04 bits per heavy atom. The zero-order valence-electron chi connectivity index (χ0n) is 14.0. The van der Waals surface area contributed by atoms with E-state index in [-0.39, 0.29) is 5.91 Å². The van der Waals surface area contributed by atoms with Crippen LogP contribution in [0, 0.1) is 0 Å². The summed E-state index contributed by atoms with van der Waals surface area (Å²) in [6, 6.07) is 11.5. The van der Waals surface area contributed by atoms with E-state index in [1.165, 1.54) is 0 Å². The fraction of sp³-hybridized carbons (Fsp3) is 0.167. The first-order chi connectivity index (χ1) is 12.8. The van der Waals surface area contributed by atoms with E-state index in [1.54, 1.807) is 23.4 Å². The lowest BCUT2D eigenvalue weighted by molar-refractivity contribution is -0.121.